The Morgan fingerprint density at radius 2 is 2.00 bits per heavy atom. The molecule has 1 amide bonds. The highest BCUT2D eigenvalue weighted by atomic mass is 35.5. The molecule has 0 spiro atoms. The fourth-order valence-electron chi connectivity index (χ4n) is 2.86. The number of amides is 1. The van der Waals surface area contributed by atoms with Gasteiger partial charge >= 0.3 is 0 Å². The summed E-state index contributed by atoms with van der Waals surface area (Å²) >= 11 is 7.23. The van der Waals surface area contributed by atoms with E-state index in [1.165, 1.54) is 11.8 Å². The summed E-state index contributed by atoms with van der Waals surface area (Å²) in [6.45, 7) is 0. The molecule has 6 nitrogen and oxygen atoms in total. The maximum Gasteiger partial charge on any atom is 0.234 e. The van der Waals surface area contributed by atoms with Crippen molar-refractivity contribution in [3.63, 3.8) is 0 Å². The van der Waals surface area contributed by atoms with E-state index < -0.39 is 0 Å². The van der Waals surface area contributed by atoms with Crippen molar-refractivity contribution in [2.75, 3.05) is 18.2 Å². The number of nitrogens with one attached hydrogen (secondary N) is 1. The van der Waals surface area contributed by atoms with Crippen LogP contribution in [0.5, 0.6) is 5.75 Å². The highest BCUT2D eigenvalue weighted by Crippen LogP contribution is 2.31. The third kappa shape index (κ3) is 4.36. The molecule has 0 bridgehead atoms. The molecule has 0 atom stereocenters. The third-order valence-corrected chi connectivity index (χ3v) is 5.45. The van der Waals surface area contributed by atoms with Crippen molar-refractivity contribution in [2.24, 2.45) is 0 Å². The number of hydrogen-bond acceptors (Lipinski definition) is 5. The normalized spacial score (nSPS) is 10.8. The Kier molecular flexibility index (Phi) is 5.69. The number of para-hydroxylation sites is 1. The van der Waals surface area contributed by atoms with E-state index in [1.807, 2.05) is 30.3 Å². The van der Waals surface area contributed by atoms with Gasteiger partial charge in [0, 0.05) is 28.7 Å². The van der Waals surface area contributed by atoms with Crippen LogP contribution in [0.25, 0.3) is 16.8 Å². The molecule has 0 fully saturated rings. The first-order valence-electron chi connectivity index (χ1n) is 8.80. The number of hydrogen-bond donors (Lipinski definition) is 1. The summed E-state index contributed by atoms with van der Waals surface area (Å²) in [5.41, 5.74) is 3.21. The zero-order valence-corrected chi connectivity index (χ0v) is 17.1. The number of halogens is 1. The third-order valence-electron chi connectivity index (χ3n) is 4.21. The van der Waals surface area contributed by atoms with Crippen LogP contribution < -0.4 is 10.1 Å². The molecule has 0 unspecified atom stereocenters. The molecule has 2 heterocycles. The van der Waals surface area contributed by atoms with Gasteiger partial charge < -0.3 is 10.1 Å². The van der Waals surface area contributed by atoms with Gasteiger partial charge in [-0.3, -0.25) is 4.79 Å². The lowest BCUT2D eigenvalue weighted by molar-refractivity contribution is -0.113. The summed E-state index contributed by atoms with van der Waals surface area (Å²) < 4.78 is 7.20. The van der Waals surface area contributed by atoms with Crippen LogP contribution in [0.2, 0.25) is 5.02 Å². The number of rotatable bonds is 6. The lowest BCUT2D eigenvalue weighted by Crippen LogP contribution is -2.14. The lowest BCUT2D eigenvalue weighted by atomic mass is 10.1. The van der Waals surface area contributed by atoms with Gasteiger partial charge in [-0.1, -0.05) is 35.5 Å². The minimum atomic E-state index is -0.120. The Morgan fingerprint density at radius 1 is 1.21 bits per heavy atom. The van der Waals surface area contributed by atoms with Crippen LogP contribution in [0.15, 0.2) is 72.0 Å². The zero-order valence-electron chi connectivity index (χ0n) is 15.5. The van der Waals surface area contributed by atoms with Crippen molar-refractivity contribution in [3.05, 3.63) is 72.0 Å². The largest absolute Gasteiger partial charge is 0.496 e. The molecule has 2 aromatic carbocycles. The number of fused-ring (bicyclic) bond motifs is 1. The van der Waals surface area contributed by atoms with Crippen LogP contribution in [0.1, 0.15) is 0 Å². The predicted molar refractivity (Wildman–Crippen MR) is 116 cm³/mol. The summed E-state index contributed by atoms with van der Waals surface area (Å²) in [4.78, 5) is 16.7. The number of aromatic nitrogens is 3. The summed E-state index contributed by atoms with van der Waals surface area (Å²) in [6.07, 6.45) is 3.46. The van der Waals surface area contributed by atoms with Crippen LogP contribution in [-0.2, 0) is 4.79 Å². The maximum atomic E-state index is 12.3. The average molecular weight is 425 g/mol. The molecule has 1 N–H and O–H groups in total. The van der Waals surface area contributed by atoms with Crippen molar-refractivity contribution in [2.45, 2.75) is 5.03 Å². The van der Waals surface area contributed by atoms with E-state index in [0.29, 0.717) is 10.7 Å². The molecule has 0 aliphatic rings. The molecule has 0 aliphatic heterocycles. The molecule has 2 aromatic heterocycles. The summed E-state index contributed by atoms with van der Waals surface area (Å²) in [5.74, 6) is 0.857. The maximum absolute atomic E-state index is 12.3. The van der Waals surface area contributed by atoms with E-state index >= 15 is 0 Å². The molecular weight excluding hydrogens is 408 g/mol. The first kappa shape index (κ1) is 19.3. The van der Waals surface area contributed by atoms with Crippen LogP contribution in [0.3, 0.4) is 0 Å². The second-order valence-corrected chi connectivity index (χ2v) is 7.54. The van der Waals surface area contributed by atoms with E-state index in [2.05, 4.69) is 15.4 Å². The second kappa shape index (κ2) is 8.55. The number of benzene rings is 2. The smallest absolute Gasteiger partial charge is 0.234 e. The molecule has 0 aliphatic carbocycles. The average Bonchev–Trinajstić information content (AvgIpc) is 3.18. The van der Waals surface area contributed by atoms with Crippen LogP contribution in [0, 0.1) is 0 Å². The first-order chi connectivity index (χ1) is 14.1. The van der Waals surface area contributed by atoms with Gasteiger partial charge in [-0.05, 0) is 42.5 Å². The SMILES string of the molecule is COc1ccccc1-c1cc2c(SCC(=O)Nc3ccc(Cl)cc3)nccn2n1. The topological polar surface area (TPSA) is 68.5 Å². The Balaban J connectivity index is 1.53. The van der Waals surface area contributed by atoms with Crippen LogP contribution in [0.4, 0.5) is 5.69 Å². The Labute approximate surface area is 176 Å². The Hall–Kier alpha value is -3.03. The minimum absolute atomic E-state index is 0.120. The molecular formula is C21H17ClN4O2S. The van der Waals surface area contributed by atoms with Gasteiger partial charge in [-0.15, -0.1) is 0 Å². The summed E-state index contributed by atoms with van der Waals surface area (Å²) in [5, 5.41) is 8.83. The molecule has 0 saturated heterocycles. The Bertz CT molecular complexity index is 1160. The van der Waals surface area contributed by atoms with E-state index in [9.17, 15) is 4.79 Å². The van der Waals surface area contributed by atoms with Gasteiger partial charge in [-0.2, -0.15) is 5.10 Å². The molecule has 4 rings (SSSR count). The second-order valence-electron chi connectivity index (χ2n) is 6.14. The van der Waals surface area contributed by atoms with Crippen molar-refractivity contribution in [1.29, 1.82) is 0 Å². The van der Waals surface area contributed by atoms with Crippen molar-refractivity contribution in [3.8, 4) is 17.0 Å². The number of carbonyl (C=O) groups is 1. The number of carbonyl (C=O) groups excluding carboxylic acids is 1. The number of thioether (sulfide) groups is 1. The Morgan fingerprint density at radius 3 is 2.79 bits per heavy atom. The first-order valence-corrected chi connectivity index (χ1v) is 10.2. The van der Waals surface area contributed by atoms with E-state index in [0.717, 1.165) is 27.5 Å². The van der Waals surface area contributed by atoms with E-state index in [-0.39, 0.29) is 11.7 Å². The highest BCUT2D eigenvalue weighted by molar-refractivity contribution is 8.00. The molecule has 0 saturated carbocycles. The number of anilines is 1. The van der Waals surface area contributed by atoms with Gasteiger partial charge in [0.05, 0.1) is 24.1 Å². The lowest BCUT2D eigenvalue weighted by Gasteiger charge is -2.05. The van der Waals surface area contributed by atoms with Crippen molar-refractivity contribution < 1.29 is 9.53 Å². The number of ether oxygens (including phenoxy) is 1. The molecule has 0 radical (unpaired) electrons. The fourth-order valence-corrected chi connectivity index (χ4v) is 3.76. The molecule has 4 aromatic rings. The zero-order chi connectivity index (χ0) is 20.2. The predicted octanol–water partition coefficient (Wildman–Crippen LogP) is 4.79. The van der Waals surface area contributed by atoms with Crippen molar-refractivity contribution in [1.82, 2.24) is 14.6 Å². The van der Waals surface area contributed by atoms with Crippen molar-refractivity contribution >= 4 is 40.5 Å². The summed E-state index contributed by atoms with van der Waals surface area (Å²) in [7, 11) is 1.64. The number of methoxy groups -OCH3 is 1. The monoisotopic (exact) mass is 424 g/mol. The minimum Gasteiger partial charge on any atom is -0.496 e. The fraction of sp³-hybridized carbons (Fsp3) is 0.0952. The highest BCUT2D eigenvalue weighted by Gasteiger charge is 2.13. The quantitative estimate of drug-likeness (QED) is 0.451. The van der Waals surface area contributed by atoms with E-state index in [1.54, 1.807) is 48.3 Å². The van der Waals surface area contributed by atoms with Gasteiger partial charge in [-0.25, -0.2) is 9.50 Å². The molecule has 29 heavy (non-hydrogen) atoms. The van der Waals surface area contributed by atoms with E-state index in [4.69, 9.17) is 16.3 Å². The van der Waals surface area contributed by atoms with Gasteiger partial charge in [0.1, 0.15) is 10.8 Å². The van der Waals surface area contributed by atoms with Gasteiger partial charge in [0.2, 0.25) is 5.91 Å². The number of nitrogens with zero attached hydrogens (tertiary/aromatic N) is 3. The van der Waals surface area contributed by atoms with Gasteiger partial charge in [0.15, 0.2) is 0 Å². The van der Waals surface area contributed by atoms with Gasteiger partial charge in [0.25, 0.3) is 0 Å². The standard InChI is InChI=1S/C21H17ClN4O2S/c1-28-19-5-3-2-4-16(19)17-12-18-21(23-10-11-26(18)25-17)29-13-20(27)24-15-8-6-14(22)7-9-15/h2-12H,13H2,1H3,(H,24,27). The van der Waals surface area contributed by atoms with Crippen LogP contribution >= 0.6 is 23.4 Å². The molecule has 8 heteroatoms. The van der Waals surface area contributed by atoms with Crippen LogP contribution in [-0.4, -0.2) is 33.4 Å². The summed E-state index contributed by atoms with van der Waals surface area (Å²) in [6, 6.07) is 16.7. The molecule has 146 valence electrons.